The van der Waals surface area contributed by atoms with Crippen molar-refractivity contribution in [1.29, 1.82) is 0 Å². The van der Waals surface area contributed by atoms with Crippen molar-refractivity contribution in [3.63, 3.8) is 0 Å². The molecule has 2 aromatic carbocycles. The van der Waals surface area contributed by atoms with Crippen LogP contribution in [0.4, 0.5) is 5.13 Å². The van der Waals surface area contributed by atoms with Gasteiger partial charge in [-0.05, 0) is 48.9 Å². The van der Waals surface area contributed by atoms with Crippen molar-refractivity contribution in [1.82, 2.24) is 4.98 Å². The van der Waals surface area contributed by atoms with Crippen LogP contribution in [0.3, 0.4) is 0 Å². The Hall–Kier alpha value is -2.33. The average Bonchev–Trinajstić information content (AvgIpc) is 3.06. The molecule has 2 N–H and O–H groups in total. The Labute approximate surface area is 151 Å². The highest BCUT2D eigenvalue weighted by atomic mass is 32.1. The molecule has 2 aliphatic rings. The molecule has 0 radical (unpaired) electrons. The number of ether oxygens (including phenoxy) is 1. The first-order chi connectivity index (χ1) is 12.3. The summed E-state index contributed by atoms with van der Waals surface area (Å²) in [5.74, 6) is 0.944. The Bertz CT molecular complexity index is 926. The molecule has 0 amide bonds. The molecule has 3 nitrogen and oxygen atoms in total. The summed E-state index contributed by atoms with van der Waals surface area (Å²) in [6.07, 6.45) is 5.81. The highest BCUT2D eigenvalue weighted by Gasteiger charge is 2.44. The molecule has 126 valence electrons. The SMILES string of the molecule is Nc1nc2c(s1)C1(CCCCC1)Oc1ccc(-c3ccccc3)cc1-2. The first kappa shape index (κ1) is 15.0. The topological polar surface area (TPSA) is 48.1 Å². The first-order valence-electron chi connectivity index (χ1n) is 8.91. The second kappa shape index (κ2) is 5.60. The van der Waals surface area contributed by atoms with Gasteiger partial charge in [-0.1, -0.05) is 54.2 Å². The lowest BCUT2D eigenvalue weighted by Crippen LogP contribution is -2.37. The maximum Gasteiger partial charge on any atom is 0.180 e. The minimum atomic E-state index is -0.218. The molecule has 1 aliphatic heterocycles. The van der Waals surface area contributed by atoms with Crippen molar-refractivity contribution in [2.24, 2.45) is 0 Å². The summed E-state index contributed by atoms with van der Waals surface area (Å²) in [6.45, 7) is 0. The van der Waals surface area contributed by atoms with Crippen LogP contribution < -0.4 is 10.5 Å². The van der Waals surface area contributed by atoms with E-state index in [0.29, 0.717) is 5.13 Å². The monoisotopic (exact) mass is 348 g/mol. The number of hydrogen-bond donors (Lipinski definition) is 1. The summed E-state index contributed by atoms with van der Waals surface area (Å²) in [4.78, 5) is 5.92. The summed E-state index contributed by atoms with van der Waals surface area (Å²) in [5.41, 5.74) is 10.4. The second-order valence-corrected chi connectivity index (χ2v) is 7.99. The van der Waals surface area contributed by atoms with Gasteiger partial charge in [-0.2, -0.15) is 0 Å². The molecule has 1 aromatic heterocycles. The molecule has 5 rings (SSSR count). The third kappa shape index (κ3) is 2.35. The number of aromatic nitrogens is 1. The van der Waals surface area contributed by atoms with Gasteiger partial charge in [0.05, 0.1) is 10.6 Å². The lowest BCUT2D eigenvalue weighted by Gasteiger charge is -2.40. The smallest absolute Gasteiger partial charge is 0.180 e. The summed E-state index contributed by atoms with van der Waals surface area (Å²) in [6, 6.07) is 16.9. The van der Waals surface area contributed by atoms with E-state index in [1.165, 1.54) is 35.3 Å². The number of benzene rings is 2. The third-order valence-electron chi connectivity index (χ3n) is 5.37. The van der Waals surface area contributed by atoms with Crippen LogP contribution in [0.15, 0.2) is 48.5 Å². The number of hydrogen-bond acceptors (Lipinski definition) is 4. The Morgan fingerprint density at radius 3 is 2.56 bits per heavy atom. The van der Waals surface area contributed by atoms with Crippen LogP contribution in [0.2, 0.25) is 0 Å². The van der Waals surface area contributed by atoms with Gasteiger partial charge in [-0.25, -0.2) is 4.98 Å². The van der Waals surface area contributed by atoms with Crippen LogP contribution in [0.5, 0.6) is 5.75 Å². The average molecular weight is 348 g/mol. The molecule has 1 saturated carbocycles. The predicted octanol–water partition coefficient (Wildman–Crippen LogP) is 5.61. The maximum atomic E-state index is 6.61. The molecular formula is C21H20N2OS. The predicted molar refractivity (Wildman–Crippen MR) is 103 cm³/mol. The van der Waals surface area contributed by atoms with E-state index in [1.54, 1.807) is 11.3 Å². The fourth-order valence-electron chi connectivity index (χ4n) is 4.15. The molecule has 3 aromatic rings. The van der Waals surface area contributed by atoms with Gasteiger partial charge in [0.25, 0.3) is 0 Å². The highest BCUT2D eigenvalue weighted by molar-refractivity contribution is 7.16. The number of nitrogens with two attached hydrogens (primary N) is 1. The molecule has 25 heavy (non-hydrogen) atoms. The fourth-order valence-corrected chi connectivity index (χ4v) is 5.18. The van der Waals surface area contributed by atoms with E-state index >= 15 is 0 Å². The van der Waals surface area contributed by atoms with Crippen molar-refractivity contribution in [2.75, 3.05) is 5.73 Å². The Morgan fingerprint density at radius 1 is 0.960 bits per heavy atom. The van der Waals surface area contributed by atoms with Crippen LogP contribution in [0, 0.1) is 0 Å². The number of thiazole rings is 1. The maximum absolute atomic E-state index is 6.61. The first-order valence-corrected chi connectivity index (χ1v) is 9.72. The zero-order valence-electron chi connectivity index (χ0n) is 14.0. The van der Waals surface area contributed by atoms with E-state index in [4.69, 9.17) is 15.5 Å². The molecule has 0 bridgehead atoms. The summed E-state index contributed by atoms with van der Waals surface area (Å²) in [7, 11) is 0. The van der Waals surface area contributed by atoms with E-state index < -0.39 is 0 Å². The molecular weight excluding hydrogens is 328 g/mol. The molecule has 0 unspecified atom stereocenters. The second-order valence-electron chi connectivity index (χ2n) is 6.96. The van der Waals surface area contributed by atoms with Gasteiger partial charge in [0.1, 0.15) is 11.4 Å². The Balaban J connectivity index is 1.67. The van der Waals surface area contributed by atoms with Crippen molar-refractivity contribution < 1.29 is 4.74 Å². The molecule has 0 saturated heterocycles. The quantitative estimate of drug-likeness (QED) is 0.621. The minimum absolute atomic E-state index is 0.218. The standard InChI is InChI=1S/C21H20N2OS/c22-20-23-18-16-13-15(14-7-3-1-4-8-14)9-10-17(16)24-21(19(18)25-20)11-5-2-6-12-21/h1,3-4,7-10,13H,2,5-6,11-12H2,(H2,22,23). The van der Waals surface area contributed by atoms with Gasteiger partial charge in [0, 0.05) is 5.56 Å². The molecule has 1 spiro atoms. The molecule has 2 heterocycles. The zero-order chi connectivity index (χ0) is 16.9. The number of nitrogens with zero attached hydrogens (tertiary/aromatic N) is 1. The van der Waals surface area contributed by atoms with Gasteiger partial charge in [0.2, 0.25) is 0 Å². The number of fused-ring (bicyclic) bond motifs is 4. The van der Waals surface area contributed by atoms with Crippen LogP contribution in [-0.4, -0.2) is 4.98 Å². The van der Waals surface area contributed by atoms with Crippen LogP contribution in [-0.2, 0) is 5.60 Å². The Kier molecular flexibility index (Phi) is 3.35. The summed E-state index contributed by atoms with van der Waals surface area (Å²) < 4.78 is 6.61. The molecule has 1 aliphatic carbocycles. The van der Waals surface area contributed by atoms with E-state index in [1.807, 2.05) is 6.07 Å². The highest BCUT2D eigenvalue weighted by Crippen LogP contribution is 2.53. The lowest BCUT2D eigenvalue weighted by atomic mass is 9.80. The zero-order valence-corrected chi connectivity index (χ0v) is 14.8. The van der Waals surface area contributed by atoms with Crippen molar-refractivity contribution in [2.45, 2.75) is 37.7 Å². The van der Waals surface area contributed by atoms with E-state index in [-0.39, 0.29) is 5.60 Å². The van der Waals surface area contributed by atoms with Gasteiger partial charge in [-0.3, -0.25) is 0 Å². The van der Waals surface area contributed by atoms with Crippen molar-refractivity contribution in [3.05, 3.63) is 53.4 Å². The number of anilines is 1. The fraction of sp³-hybridized carbons (Fsp3) is 0.286. The van der Waals surface area contributed by atoms with Gasteiger partial charge < -0.3 is 10.5 Å². The lowest BCUT2D eigenvalue weighted by molar-refractivity contribution is 0.0273. The van der Waals surface area contributed by atoms with E-state index in [2.05, 4.69) is 42.5 Å². The summed E-state index contributed by atoms with van der Waals surface area (Å²) in [5, 5.41) is 0.636. The van der Waals surface area contributed by atoms with Gasteiger partial charge in [0.15, 0.2) is 5.13 Å². The van der Waals surface area contributed by atoms with Crippen molar-refractivity contribution in [3.8, 4) is 28.1 Å². The van der Waals surface area contributed by atoms with E-state index in [9.17, 15) is 0 Å². The molecule has 4 heteroatoms. The molecule has 0 atom stereocenters. The number of rotatable bonds is 1. The number of nitrogen functional groups attached to an aromatic ring is 1. The van der Waals surface area contributed by atoms with Crippen LogP contribution in [0.25, 0.3) is 22.4 Å². The van der Waals surface area contributed by atoms with Crippen LogP contribution in [0.1, 0.15) is 37.0 Å². The van der Waals surface area contributed by atoms with Crippen LogP contribution >= 0.6 is 11.3 Å². The normalized spacial score (nSPS) is 17.6. The summed E-state index contributed by atoms with van der Waals surface area (Å²) >= 11 is 1.60. The van der Waals surface area contributed by atoms with Gasteiger partial charge in [-0.15, -0.1) is 0 Å². The van der Waals surface area contributed by atoms with Crippen molar-refractivity contribution >= 4 is 16.5 Å². The van der Waals surface area contributed by atoms with E-state index in [0.717, 1.165) is 29.8 Å². The Morgan fingerprint density at radius 2 is 1.76 bits per heavy atom. The molecule has 1 fully saturated rings. The minimum Gasteiger partial charge on any atom is -0.481 e. The van der Waals surface area contributed by atoms with Gasteiger partial charge >= 0.3 is 0 Å². The largest absolute Gasteiger partial charge is 0.481 e. The third-order valence-corrected chi connectivity index (χ3v) is 6.44.